The van der Waals surface area contributed by atoms with E-state index in [0.29, 0.717) is 5.92 Å². The zero-order chi connectivity index (χ0) is 16.8. The van der Waals surface area contributed by atoms with Gasteiger partial charge in [0.2, 0.25) is 0 Å². The smallest absolute Gasteiger partial charge is 0.123 e. The molecule has 0 radical (unpaired) electrons. The Bertz CT molecular complexity index is 650. The molecule has 1 saturated carbocycles. The van der Waals surface area contributed by atoms with Crippen LogP contribution in [0.4, 0.5) is 0 Å². The molecule has 0 aromatic heterocycles. The molecule has 1 nitrogen and oxygen atoms in total. The van der Waals surface area contributed by atoms with E-state index in [1.54, 1.807) is 0 Å². The number of hydrogen-bond acceptors (Lipinski definition) is 1. The highest BCUT2D eigenvalue weighted by Gasteiger charge is 2.54. The lowest BCUT2D eigenvalue weighted by molar-refractivity contribution is -0.109. The van der Waals surface area contributed by atoms with Crippen LogP contribution in [-0.4, -0.2) is 6.29 Å². The van der Waals surface area contributed by atoms with Crippen LogP contribution in [0.3, 0.4) is 0 Å². The van der Waals surface area contributed by atoms with E-state index in [1.807, 2.05) is 0 Å². The summed E-state index contributed by atoms with van der Waals surface area (Å²) in [6.45, 7) is 11.5. The lowest BCUT2D eigenvalue weighted by atomic mass is 9.70. The van der Waals surface area contributed by atoms with Crippen molar-refractivity contribution in [3.8, 4) is 0 Å². The molecule has 0 unspecified atom stereocenters. The van der Waals surface area contributed by atoms with Gasteiger partial charge in [0, 0.05) is 11.3 Å². The summed E-state index contributed by atoms with van der Waals surface area (Å²) in [5.41, 5.74) is 6.10. The molecule has 1 heteroatoms. The summed E-state index contributed by atoms with van der Waals surface area (Å²) in [6, 6.07) is 7.07. The molecule has 0 amide bonds. The zero-order valence-electron chi connectivity index (χ0n) is 15.3. The number of rotatable bonds is 5. The zero-order valence-corrected chi connectivity index (χ0v) is 15.3. The molecule has 23 heavy (non-hydrogen) atoms. The molecule has 3 rings (SSSR count). The van der Waals surface area contributed by atoms with Crippen molar-refractivity contribution in [3.63, 3.8) is 0 Å². The van der Waals surface area contributed by atoms with Crippen molar-refractivity contribution in [3.05, 3.63) is 41.0 Å². The highest BCUT2D eigenvalue weighted by molar-refractivity contribution is 5.74. The van der Waals surface area contributed by atoms with Crippen LogP contribution in [0.25, 0.3) is 5.57 Å². The minimum Gasteiger partial charge on any atom is -0.303 e. The Balaban J connectivity index is 2.09. The fourth-order valence-corrected chi connectivity index (χ4v) is 4.54. The van der Waals surface area contributed by atoms with E-state index in [2.05, 4.69) is 58.9 Å². The maximum atomic E-state index is 11.4. The molecular formula is C22H30O. The van der Waals surface area contributed by atoms with E-state index in [1.165, 1.54) is 28.5 Å². The monoisotopic (exact) mass is 310 g/mol. The molecule has 2 aliphatic carbocycles. The molecule has 0 saturated heterocycles. The first-order valence-electron chi connectivity index (χ1n) is 9.16. The number of allylic oxidation sites excluding steroid dienone is 2. The Morgan fingerprint density at radius 3 is 2.61 bits per heavy atom. The number of benzene rings is 1. The second-order valence-corrected chi connectivity index (χ2v) is 8.52. The summed E-state index contributed by atoms with van der Waals surface area (Å²) in [4.78, 5) is 11.4. The van der Waals surface area contributed by atoms with Gasteiger partial charge >= 0.3 is 0 Å². The molecule has 0 bridgehead atoms. The van der Waals surface area contributed by atoms with E-state index in [-0.39, 0.29) is 16.7 Å². The maximum absolute atomic E-state index is 11.4. The van der Waals surface area contributed by atoms with Gasteiger partial charge in [-0.05, 0) is 52.9 Å². The Morgan fingerprint density at radius 1 is 1.30 bits per heavy atom. The number of fused-ring (bicyclic) bond motifs is 1. The third-order valence-corrected chi connectivity index (χ3v) is 6.08. The number of aldehydes is 1. The largest absolute Gasteiger partial charge is 0.303 e. The van der Waals surface area contributed by atoms with Crippen molar-refractivity contribution < 1.29 is 4.79 Å². The first-order chi connectivity index (χ1) is 10.9. The van der Waals surface area contributed by atoms with Gasteiger partial charge in [-0.1, -0.05) is 65.3 Å². The van der Waals surface area contributed by atoms with Crippen LogP contribution in [-0.2, 0) is 15.6 Å². The Hall–Kier alpha value is -1.37. The third kappa shape index (κ3) is 2.58. The summed E-state index contributed by atoms with van der Waals surface area (Å²) in [5.74, 6) is 0.770. The van der Waals surface area contributed by atoms with Crippen LogP contribution in [0.15, 0.2) is 24.3 Å². The first kappa shape index (κ1) is 16.5. The molecule has 1 aromatic carbocycles. The Labute approximate surface area is 141 Å². The Morgan fingerprint density at radius 2 is 2.04 bits per heavy atom. The molecule has 124 valence electrons. The fraction of sp³-hybridized carbons (Fsp3) is 0.591. The molecule has 2 aliphatic rings. The van der Waals surface area contributed by atoms with Gasteiger partial charge in [-0.3, -0.25) is 0 Å². The third-order valence-electron chi connectivity index (χ3n) is 6.08. The summed E-state index contributed by atoms with van der Waals surface area (Å²) in [6.07, 6.45) is 8.03. The molecule has 0 aliphatic heterocycles. The minimum atomic E-state index is 0.120. The lowest BCUT2D eigenvalue weighted by Crippen LogP contribution is -2.23. The van der Waals surface area contributed by atoms with E-state index in [0.717, 1.165) is 25.7 Å². The van der Waals surface area contributed by atoms with Crippen molar-refractivity contribution in [1.29, 1.82) is 0 Å². The SMILES string of the molecule is CCC[C@]1(c2ccc3c(c2)C(C(C)C)=CCC3(C)C)C[C@H]1C=O. The topological polar surface area (TPSA) is 17.1 Å². The molecule has 1 aromatic rings. The summed E-state index contributed by atoms with van der Waals surface area (Å²) in [7, 11) is 0. The van der Waals surface area contributed by atoms with Crippen molar-refractivity contribution in [2.75, 3.05) is 0 Å². The van der Waals surface area contributed by atoms with Gasteiger partial charge in [-0.2, -0.15) is 0 Å². The second-order valence-electron chi connectivity index (χ2n) is 8.52. The number of carbonyl (C=O) groups is 1. The Kier molecular flexibility index (Phi) is 4.02. The molecule has 2 atom stereocenters. The summed E-state index contributed by atoms with van der Waals surface area (Å²) >= 11 is 0. The normalized spacial score (nSPS) is 28.3. The fourth-order valence-electron chi connectivity index (χ4n) is 4.54. The quantitative estimate of drug-likeness (QED) is 0.641. The van der Waals surface area contributed by atoms with Gasteiger partial charge in [-0.25, -0.2) is 0 Å². The maximum Gasteiger partial charge on any atom is 0.123 e. The molecule has 0 N–H and O–H groups in total. The molecule has 0 heterocycles. The van der Waals surface area contributed by atoms with E-state index < -0.39 is 0 Å². The van der Waals surface area contributed by atoms with Crippen LogP contribution >= 0.6 is 0 Å². The van der Waals surface area contributed by atoms with Crippen LogP contribution in [0.2, 0.25) is 0 Å². The lowest BCUT2D eigenvalue weighted by Gasteiger charge is -2.34. The first-order valence-corrected chi connectivity index (χ1v) is 9.16. The van der Waals surface area contributed by atoms with Crippen molar-refractivity contribution in [2.24, 2.45) is 11.8 Å². The van der Waals surface area contributed by atoms with Gasteiger partial charge < -0.3 is 4.79 Å². The van der Waals surface area contributed by atoms with E-state index >= 15 is 0 Å². The minimum absolute atomic E-state index is 0.120. The van der Waals surface area contributed by atoms with Gasteiger partial charge in [0.25, 0.3) is 0 Å². The number of hydrogen-bond donors (Lipinski definition) is 0. The summed E-state index contributed by atoms with van der Waals surface area (Å²) < 4.78 is 0. The average Bonchev–Trinajstić information content (AvgIpc) is 3.21. The van der Waals surface area contributed by atoms with Gasteiger partial charge in [-0.15, -0.1) is 0 Å². The number of carbonyl (C=O) groups excluding carboxylic acids is 1. The van der Waals surface area contributed by atoms with Gasteiger partial charge in [0.05, 0.1) is 0 Å². The molecule has 0 spiro atoms. The standard InChI is InChI=1S/C22H30O/c1-6-10-22(13-17(22)14-23)16-7-8-20-19(12-16)18(15(2)3)9-11-21(20,4)5/h7-9,12,14-15,17H,6,10-11,13H2,1-5H3/t17-,22+/m0/s1. The van der Waals surface area contributed by atoms with Crippen LogP contribution in [0.5, 0.6) is 0 Å². The van der Waals surface area contributed by atoms with Crippen molar-refractivity contribution >= 4 is 11.9 Å². The van der Waals surface area contributed by atoms with Crippen LogP contribution in [0, 0.1) is 11.8 Å². The van der Waals surface area contributed by atoms with E-state index in [4.69, 9.17) is 0 Å². The van der Waals surface area contributed by atoms with Gasteiger partial charge in [0.15, 0.2) is 0 Å². The van der Waals surface area contributed by atoms with Gasteiger partial charge in [0.1, 0.15) is 6.29 Å². The highest BCUT2D eigenvalue weighted by Crippen LogP contribution is 2.57. The van der Waals surface area contributed by atoms with Crippen molar-refractivity contribution in [1.82, 2.24) is 0 Å². The second kappa shape index (κ2) is 5.61. The molecular weight excluding hydrogens is 280 g/mol. The van der Waals surface area contributed by atoms with Crippen LogP contribution < -0.4 is 0 Å². The highest BCUT2D eigenvalue weighted by atomic mass is 16.1. The summed E-state index contributed by atoms with van der Waals surface area (Å²) in [5, 5.41) is 0. The molecule has 1 fully saturated rings. The van der Waals surface area contributed by atoms with Crippen molar-refractivity contribution in [2.45, 2.75) is 71.1 Å². The predicted molar refractivity (Wildman–Crippen MR) is 97.7 cm³/mol. The van der Waals surface area contributed by atoms with E-state index in [9.17, 15) is 4.79 Å². The predicted octanol–water partition coefficient (Wildman–Crippen LogP) is 5.66. The average molecular weight is 310 g/mol. The van der Waals surface area contributed by atoms with Crippen LogP contribution in [0.1, 0.15) is 77.0 Å².